The lowest BCUT2D eigenvalue weighted by Gasteiger charge is -2.09. The summed E-state index contributed by atoms with van der Waals surface area (Å²) in [4.78, 5) is 20.6. The molecule has 0 aliphatic carbocycles. The molecular formula is C18H16FN3O. The number of aryl methyl sites for hydroxylation is 1. The van der Waals surface area contributed by atoms with Crippen molar-refractivity contribution in [1.82, 2.24) is 10.3 Å². The predicted molar refractivity (Wildman–Crippen MR) is 87.6 cm³/mol. The Bertz CT molecular complexity index is 840. The molecule has 1 N–H and O–H groups in total. The first-order chi connectivity index (χ1) is 11.0. The minimum atomic E-state index is -0.559. The van der Waals surface area contributed by atoms with Gasteiger partial charge in [-0.05, 0) is 43.2 Å². The van der Waals surface area contributed by atoms with Crippen molar-refractivity contribution in [3.63, 3.8) is 0 Å². The molecule has 0 atom stereocenters. The fourth-order valence-electron chi connectivity index (χ4n) is 2.46. The Hall–Kier alpha value is -2.82. The quantitative estimate of drug-likeness (QED) is 0.921. The second kappa shape index (κ2) is 6.12. The van der Waals surface area contributed by atoms with Gasteiger partial charge in [-0.25, -0.2) is 9.38 Å². The van der Waals surface area contributed by atoms with Crippen molar-refractivity contribution in [3.05, 3.63) is 65.4 Å². The second-order valence-corrected chi connectivity index (χ2v) is 5.45. The van der Waals surface area contributed by atoms with Gasteiger partial charge in [0.1, 0.15) is 11.7 Å². The van der Waals surface area contributed by atoms with Crippen LogP contribution in [0, 0.1) is 12.7 Å². The average molecular weight is 309 g/mol. The highest BCUT2D eigenvalue weighted by Gasteiger charge is 2.16. The van der Waals surface area contributed by atoms with Crippen molar-refractivity contribution >= 4 is 11.7 Å². The number of aliphatic imine (C=N–C) groups is 1. The maximum atomic E-state index is 14.1. The molecule has 0 unspecified atom stereocenters. The number of nitrogens with zero attached hydrogens (tertiary/aromatic N) is 2. The van der Waals surface area contributed by atoms with E-state index in [4.69, 9.17) is 0 Å². The van der Waals surface area contributed by atoms with Crippen molar-refractivity contribution in [2.24, 2.45) is 4.99 Å². The monoisotopic (exact) mass is 309 g/mol. The highest BCUT2D eigenvalue weighted by Crippen LogP contribution is 2.24. The maximum Gasteiger partial charge on any atom is 0.259 e. The van der Waals surface area contributed by atoms with Gasteiger partial charge in [-0.1, -0.05) is 12.1 Å². The number of amidine groups is 1. The summed E-state index contributed by atoms with van der Waals surface area (Å²) >= 11 is 0. The molecule has 5 heteroatoms. The highest BCUT2D eigenvalue weighted by molar-refractivity contribution is 6.08. The summed E-state index contributed by atoms with van der Waals surface area (Å²) in [5, 5.41) is 2.66. The topological polar surface area (TPSA) is 54.4 Å². The number of rotatable bonds is 2. The number of halogens is 1. The van der Waals surface area contributed by atoms with E-state index in [0.29, 0.717) is 12.3 Å². The molecule has 0 spiro atoms. The van der Waals surface area contributed by atoms with Crippen molar-refractivity contribution < 1.29 is 9.18 Å². The Kier molecular flexibility index (Phi) is 4.02. The van der Waals surface area contributed by atoms with Crippen LogP contribution in [0.4, 0.5) is 4.39 Å². The molecule has 1 aromatic carbocycles. The zero-order valence-electron chi connectivity index (χ0n) is 12.9. The van der Waals surface area contributed by atoms with E-state index >= 15 is 0 Å². The molecule has 0 saturated heterocycles. The number of allylic oxidation sites excluding steroid dienone is 1. The first kappa shape index (κ1) is 15.1. The number of benzene rings is 1. The molecule has 1 aliphatic heterocycles. The maximum absolute atomic E-state index is 14.1. The van der Waals surface area contributed by atoms with E-state index in [9.17, 15) is 9.18 Å². The molecule has 0 bridgehead atoms. The molecule has 116 valence electrons. The smallest absolute Gasteiger partial charge is 0.259 e. The highest BCUT2D eigenvalue weighted by atomic mass is 19.1. The minimum absolute atomic E-state index is 0.00185. The summed E-state index contributed by atoms with van der Waals surface area (Å²) in [5.41, 5.74) is 3.48. The number of carbonyl (C=O) groups is 1. The number of amides is 1. The van der Waals surface area contributed by atoms with Crippen LogP contribution in [0.1, 0.15) is 29.3 Å². The van der Waals surface area contributed by atoms with Gasteiger partial charge in [0.25, 0.3) is 5.91 Å². The molecule has 0 saturated carbocycles. The van der Waals surface area contributed by atoms with Crippen LogP contribution in [0.3, 0.4) is 0 Å². The van der Waals surface area contributed by atoms with Crippen molar-refractivity contribution in [1.29, 1.82) is 0 Å². The van der Waals surface area contributed by atoms with Crippen molar-refractivity contribution in [3.8, 4) is 11.1 Å². The zero-order valence-corrected chi connectivity index (χ0v) is 12.9. The summed E-state index contributed by atoms with van der Waals surface area (Å²) in [6, 6.07) is 6.37. The van der Waals surface area contributed by atoms with Gasteiger partial charge in [0.2, 0.25) is 0 Å². The van der Waals surface area contributed by atoms with Crippen LogP contribution in [-0.4, -0.2) is 16.7 Å². The zero-order chi connectivity index (χ0) is 16.4. The van der Waals surface area contributed by atoms with Gasteiger partial charge in [0, 0.05) is 30.1 Å². The van der Waals surface area contributed by atoms with E-state index in [1.807, 2.05) is 26.0 Å². The second-order valence-electron chi connectivity index (χ2n) is 5.45. The Morgan fingerprint density at radius 2 is 2.09 bits per heavy atom. The van der Waals surface area contributed by atoms with Gasteiger partial charge in [-0.3, -0.25) is 9.78 Å². The number of carbonyl (C=O) groups excluding carboxylic acids is 1. The van der Waals surface area contributed by atoms with Crippen molar-refractivity contribution in [2.45, 2.75) is 20.3 Å². The summed E-state index contributed by atoms with van der Waals surface area (Å²) in [7, 11) is 0. The third-order valence-corrected chi connectivity index (χ3v) is 3.72. The predicted octanol–water partition coefficient (Wildman–Crippen LogP) is 3.63. The molecular weight excluding hydrogens is 293 g/mol. The van der Waals surface area contributed by atoms with E-state index < -0.39 is 11.7 Å². The summed E-state index contributed by atoms with van der Waals surface area (Å²) in [6.07, 6.45) is 5.87. The number of hydrogen-bond donors (Lipinski definition) is 1. The van der Waals surface area contributed by atoms with Gasteiger partial charge in [-0.2, -0.15) is 0 Å². The molecule has 2 aromatic rings. The Labute approximate surface area is 133 Å². The van der Waals surface area contributed by atoms with Crippen LogP contribution in [0.5, 0.6) is 0 Å². The molecule has 3 rings (SSSR count). The normalized spacial score (nSPS) is 13.5. The van der Waals surface area contributed by atoms with Crippen LogP contribution in [0.25, 0.3) is 11.1 Å². The molecule has 23 heavy (non-hydrogen) atoms. The van der Waals surface area contributed by atoms with Gasteiger partial charge in [0.05, 0.1) is 5.56 Å². The lowest BCUT2D eigenvalue weighted by atomic mass is 10.0. The fraction of sp³-hybridized carbons (Fsp3) is 0.167. The third kappa shape index (κ3) is 3.18. The standard InChI is InChI=1S/C18H16FN3O/c1-11-7-8-20-10-15(11)13-4-5-16(19)14(9-13)18(23)22-17-6-3-12(2)21-17/h3-5,7-10H,6H2,1-2H3,(H,21,22,23). The molecule has 1 amide bonds. The van der Waals surface area contributed by atoms with Gasteiger partial charge in [-0.15, -0.1) is 0 Å². The Morgan fingerprint density at radius 1 is 1.26 bits per heavy atom. The van der Waals surface area contributed by atoms with Gasteiger partial charge < -0.3 is 5.32 Å². The first-order valence-corrected chi connectivity index (χ1v) is 7.31. The number of nitrogens with one attached hydrogen (secondary N) is 1. The Balaban J connectivity index is 1.91. The van der Waals surface area contributed by atoms with Crippen LogP contribution in [-0.2, 0) is 0 Å². The van der Waals surface area contributed by atoms with E-state index in [2.05, 4.69) is 15.3 Å². The lowest BCUT2D eigenvalue weighted by molar-refractivity contribution is 0.0973. The number of aromatic nitrogens is 1. The average Bonchev–Trinajstić information content (AvgIpc) is 2.93. The van der Waals surface area contributed by atoms with Crippen LogP contribution in [0.2, 0.25) is 0 Å². The van der Waals surface area contributed by atoms with E-state index in [1.54, 1.807) is 24.5 Å². The fourth-order valence-corrected chi connectivity index (χ4v) is 2.46. The lowest BCUT2D eigenvalue weighted by Crippen LogP contribution is -2.30. The summed E-state index contributed by atoms with van der Waals surface area (Å²) < 4.78 is 14.1. The summed E-state index contributed by atoms with van der Waals surface area (Å²) in [5.74, 6) is -0.515. The third-order valence-electron chi connectivity index (χ3n) is 3.72. The molecule has 0 radical (unpaired) electrons. The summed E-state index contributed by atoms with van der Waals surface area (Å²) in [6.45, 7) is 3.80. The van der Waals surface area contributed by atoms with Gasteiger partial charge in [0.15, 0.2) is 0 Å². The van der Waals surface area contributed by atoms with Crippen LogP contribution >= 0.6 is 0 Å². The minimum Gasteiger partial charge on any atom is -0.310 e. The molecule has 4 nitrogen and oxygen atoms in total. The molecule has 0 fully saturated rings. The van der Waals surface area contributed by atoms with E-state index in [0.717, 1.165) is 22.4 Å². The number of hydrogen-bond acceptors (Lipinski definition) is 3. The first-order valence-electron chi connectivity index (χ1n) is 7.31. The number of pyridine rings is 1. The van der Waals surface area contributed by atoms with E-state index in [-0.39, 0.29) is 5.56 Å². The van der Waals surface area contributed by atoms with Crippen molar-refractivity contribution in [2.75, 3.05) is 0 Å². The van der Waals surface area contributed by atoms with Gasteiger partial charge >= 0.3 is 0 Å². The van der Waals surface area contributed by atoms with Crippen LogP contribution in [0.15, 0.2) is 53.4 Å². The largest absolute Gasteiger partial charge is 0.310 e. The molecule has 1 aromatic heterocycles. The SMILES string of the molecule is CC1=CCC(NC(=O)c2cc(-c3cnccc3C)ccc2F)=N1. The Morgan fingerprint density at radius 3 is 2.78 bits per heavy atom. The molecule has 2 heterocycles. The molecule has 1 aliphatic rings. The van der Waals surface area contributed by atoms with E-state index in [1.165, 1.54) is 6.07 Å². The van der Waals surface area contributed by atoms with Crippen LogP contribution < -0.4 is 5.32 Å².